The summed E-state index contributed by atoms with van der Waals surface area (Å²) in [6.07, 6.45) is 5.37. The molecule has 0 atom stereocenters. The summed E-state index contributed by atoms with van der Waals surface area (Å²) in [4.78, 5) is 18.0. The van der Waals surface area contributed by atoms with Gasteiger partial charge in [0.05, 0.1) is 6.33 Å². The molecule has 5 heteroatoms. The zero-order valence-corrected chi connectivity index (χ0v) is 8.12. The summed E-state index contributed by atoms with van der Waals surface area (Å²) in [6, 6.07) is 0. The van der Waals surface area contributed by atoms with Crippen LogP contribution in [0.15, 0.2) is 12.5 Å². The van der Waals surface area contributed by atoms with Crippen molar-refractivity contribution in [3.63, 3.8) is 0 Å². The second kappa shape index (κ2) is 6.15. The van der Waals surface area contributed by atoms with Crippen LogP contribution >= 0.6 is 0 Å². The number of rotatable bonds is 6. The Morgan fingerprint density at radius 2 is 2.50 bits per heavy atom. The van der Waals surface area contributed by atoms with Crippen molar-refractivity contribution in [2.45, 2.75) is 19.3 Å². The molecular formula is C9H16N4O. The van der Waals surface area contributed by atoms with Gasteiger partial charge in [-0.05, 0) is 19.4 Å². The Hall–Kier alpha value is -1.36. The SMILES string of the molecule is NCCCNC(=O)CCc1cnc[nH]1. The third-order valence-electron chi connectivity index (χ3n) is 1.88. The van der Waals surface area contributed by atoms with Gasteiger partial charge in [0, 0.05) is 24.9 Å². The lowest BCUT2D eigenvalue weighted by atomic mass is 10.2. The van der Waals surface area contributed by atoms with Crippen LogP contribution in [0.4, 0.5) is 0 Å². The van der Waals surface area contributed by atoms with E-state index in [9.17, 15) is 4.79 Å². The quantitative estimate of drug-likeness (QED) is 0.551. The Kier molecular flexibility index (Phi) is 4.71. The number of nitrogens with two attached hydrogens (primary N) is 1. The first-order valence-corrected chi connectivity index (χ1v) is 4.77. The van der Waals surface area contributed by atoms with Crippen LogP contribution in [-0.4, -0.2) is 29.0 Å². The third kappa shape index (κ3) is 4.04. The van der Waals surface area contributed by atoms with Crippen molar-refractivity contribution in [3.8, 4) is 0 Å². The van der Waals surface area contributed by atoms with Crippen molar-refractivity contribution in [2.75, 3.05) is 13.1 Å². The van der Waals surface area contributed by atoms with Crippen molar-refractivity contribution in [2.24, 2.45) is 5.73 Å². The Bertz CT molecular complexity index is 258. The standard InChI is InChI=1S/C9H16N4O/c10-4-1-5-12-9(14)3-2-8-6-11-7-13-8/h6-7H,1-5,10H2,(H,11,13)(H,12,14). The highest BCUT2D eigenvalue weighted by Crippen LogP contribution is 1.96. The minimum Gasteiger partial charge on any atom is -0.356 e. The fourth-order valence-corrected chi connectivity index (χ4v) is 1.09. The molecule has 1 aromatic heterocycles. The number of H-pyrrole nitrogens is 1. The zero-order chi connectivity index (χ0) is 10.2. The van der Waals surface area contributed by atoms with Crippen molar-refractivity contribution in [1.82, 2.24) is 15.3 Å². The lowest BCUT2D eigenvalue weighted by molar-refractivity contribution is -0.121. The molecule has 4 N–H and O–H groups in total. The molecule has 0 fully saturated rings. The van der Waals surface area contributed by atoms with Gasteiger partial charge in [-0.3, -0.25) is 4.79 Å². The monoisotopic (exact) mass is 196 g/mol. The predicted molar refractivity (Wildman–Crippen MR) is 53.6 cm³/mol. The molecule has 0 aliphatic heterocycles. The molecule has 0 aromatic carbocycles. The van der Waals surface area contributed by atoms with Crippen molar-refractivity contribution in [3.05, 3.63) is 18.2 Å². The highest BCUT2D eigenvalue weighted by molar-refractivity contribution is 5.76. The summed E-state index contributed by atoms with van der Waals surface area (Å²) < 4.78 is 0. The summed E-state index contributed by atoms with van der Waals surface area (Å²) in [6.45, 7) is 1.28. The fourth-order valence-electron chi connectivity index (χ4n) is 1.09. The van der Waals surface area contributed by atoms with Crippen molar-refractivity contribution in [1.29, 1.82) is 0 Å². The van der Waals surface area contributed by atoms with E-state index >= 15 is 0 Å². The fraction of sp³-hybridized carbons (Fsp3) is 0.556. The van der Waals surface area contributed by atoms with Crippen molar-refractivity contribution >= 4 is 5.91 Å². The highest BCUT2D eigenvalue weighted by atomic mass is 16.1. The molecule has 1 amide bonds. The molecule has 0 bridgehead atoms. The van der Waals surface area contributed by atoms with Gasteiger partial charge in [0.2, 0.25) is 5.91 Å². The van der Waals surface area contributed by atoms with Crippen LogP contribution in [0.5, 0.6) is 0 Å². The van der Waals surface area contributed by atoms with E-state index in [0.717, 1.165) is 12.1 Å². The number of amides is 1. The first kappa shape index (κ1) is 10.7. The number of imidazole rings is 1. The number of carbonyl (C=O) groups excluding carboxylic acids is 1. The van der Waals surface area contributed by atoms with Crippen molar-refractivity contribution < 1.29 is 4.79 Å². The Morgan fingerprint density at radius 3 is 3.14 bits per heavy atom. The van der Waals surface area contributed by atoms with E-state index in [1.807, 2.05) is 0 Å². The maximum absolute atomic E-state index is 11.2. The molecule has 1 heterocycles. The molecule has 0 saturated carbocycles. The van der Waals surface area contributed by atoms with E-state index in [-0.39, 0.29) is 5.91 Å². The summed E-state index contributed by atoms with van der Waals surface area (Å²) in [5.74, 6) is 0.0630. The largest absolute Gasteiger partial charge is 0.356 e. The van der Waals surface area contributed by atoms with Crippen LogP contribution in [0.2, 0.25) is 0 Å². The Labute approximate surface area is 83.1 Å². The topological polar surface area (TPSA) is 83.8 Å². The van der Waals surface area contributed by atoms with Crippen LogP contribution < -0.4 is 11.1 Å². The Morgan fingerprint density at radius 1 is 1.64 bits per heavy atom. The minimum absolute atomic E-state index is 0.0630. The second-order valence-corrected chi connectivity index (χ2v) is 3.07. The van der Waals surface area contributed by atoms with E-state index in [4.69, 9.17) is 5.73 Å². The van der Waals surface area contributed by atoms with Crippen LogP contribution in [-0.2, 0) is 11.2 Å². The molecule has 14 heavy (non-hydrogen) atoms. The molecule has 1 rings (SSSR count). The molecule has 0 saturated heterocycles. The maximum Gasteiger partial charge on any atom is 0.220 e. The van der Waals surface area contributed by atoms with Gasteiger partial charge >= 0.3 is 0 Å². The number of nitrogens with zero attached hydrogens (tertiary/aromatic N) is 1. The number of nitrogens with one attached hydrogen (secondary N) is 2. The molecule has 5 nitrogen and oxygen atoms in total. The first-order chi connectivity index (χ1) is 6.83. The first-order valence-electron chi connectivity index (χ1n) is 4.77. The molecule has 0 spiro atoms. The van der Waals surface area contributed by atoms with Gasteiger partial charge in [0.15, 0.2) is 0 Å². The predicted octanol–water partition coefficient (Wildman–Crippen LogP) is -0.193. The summed E-state index contributed by atoms with van der Waals surface area (Å²) >= 11 is 0. The number of carbonyl (C=O) groups is 1. The minimum atomic E-state index is 0.0630. The smallest absolute Gasteiger partial charge is 0.220 e. The van der Waals surface area contributed by atoms with Gasteiger partial charge in [0.25, 0.3) is 0 Å². The number of hydrogen-bond acceptors (Lipinski definition) is 3. The average Bonchev–Trinajstić information content (AvgIpc) is 2.68. The second-order valence-electron chi connectivity index (χ2n) is 3.07. The van der Waals surface area contributed by atoms with E-state index in [1.54, 1.807) is 12.5 Å². The lowest BCUT2D eigenvalue weighted by Gasteiger charge is -2.02. The van der Waals surface area contributed by atoms with E-state index < -0.39 is 0 Å². The average molecular weight is 196 g/mol. The maximum atomic E-state index is 11.2. The number of aromatic nitrogens is 2. The van der Waals surface area contributed by atoms with Gasteiger partial charge < -0.3 is 16.0 Å². The summed E-state index contributed by atoms with van der Waals surface area (Å²) in [5.41, 5.74) is 6.29. The number of aryl methyl sites for hydroxylation is 1. The van der Waals surface area contributed by atoms with E-state index in [2.05, 4.69) is 15.3 Å². The molecule has 0 unspecified atom stereocenters. The van der Waals surface area contributed by atoms with Gasteiger partial charge in [-0.25, -0.2) is 4.98 Å². The Balaban J connectivity index is 2.09. The molecule has 1 aromatic rings. The van der Waals surface area contributed by atoms with Crippen LogP contribution in [0.25, 0.3) is 0 Å². The molecule has 0 radical (unpaired) electrons. The molecule has 0 aliphatic carbocycles. The van der Waals surface area contributed by atoms with Gasteiger partial charge in [0.1, 0.15) is 0 Å². The lowest BCUT2D eigenvalue weighted by Crippen LogP contribution is -2.26. The van der Waals surface area contributed by atoms with Crippen LogP contribution in [0.3, 0.4) is 0 Å². The highest BCUT2D eigenvalue weighted by Gasteiger charge is 2.01. The van der Waals surface area contributed by atoms with Gasteiger partial charge in [-0.1, -0.05) is 0 Å². The third-order valence-corrected chi connectivity index (χ3v) is 1.88. The normalized spacial score (nSPS) is 10.1. The van der Waals surface area contributed by atoms with Gasteiger partial charge in [-0.2, -0.15) is 0 Å². The van der Waals surface area contributed by atoms with E-state index in [0.29, 0.717) is 25.9 Å². The molecular weight excluding hydrogens is 180 g/mol. The molecule has 0 aliphatic rings. The van der Waals surface area contributed by atoms with E-state index in [1.165, 1.54) is 0 Å². The van der Waals surface area contributed by atoms with Crippen LogP contribution in [0.1, 0.15) is 18.5 Å². The van der Waals surface area contributed by atoms with Gasteiger partial charge in [-0.15, -0.1) is 0 Å². The van der Waals surface area contributed by atoms with Crippen LogP contribution in [0, 0.1) is 0 Å². The number of hydrogen-bond donors (Lipinski definition) is 3. The zero-order valence-electron chi connectivity index (χ0n) is 8.12. The summed E-state index contributed by atoms with van der Waals surface area (Å²) in [7, 11) is 0. The number of aromatic amines is 1. The molecule has 78 valence electrons. The summed E-state index contributed by atoms with van der Waals surface area (Å²) in [5, 5.41) is 2.79.